The highest BCUT2D eigenvalue weighted by molar-refractivity contribution is 9.10. The molecular weight excluding hydrogens is 1030 g/mol. The standard InChI is InChI=1S/C22H16ClF2N5O3.C18H13BrClF2N3O3.C4H5BN2O2/c23-22(24,25)33-16-3-1-15(2-4-16)28-21(31)13-7-17(14-9-26-12-27-10-14)20-18(8-13)29-19-11-32-6-5-30(19)20;19-13-7-10(8-14-16(13)25-5-6-27-9-15(25)24-14)17(26)23-11-1-3-12(4-2-11)28-18(20,21)22;8-5(9)4-1-6-3-7-2-4/h1-4,7-10,12H,5-6,11H2,(H,28,31);1-4,7-8H,5-6,9H2,(H,23,26);1-3,8-9H. The topological polar surface area (TPSA) is 223 Å². The van der Waals surface area contributed by atoms with Gasteiger partial charge in [0.1, 0.15) is 49.0 Å². The number of carbonyl (C=O) groups excluding carboxylic acids is 2. The molecule has 8 aromatic rings. The zero-order chi connectivity index (χ0) is 49.6. The molecule has 2 amide bonds. The Balaban J connectivity index is 0.000000161. The van der Waals surface area contributed by atoms with Crippen LogP contribution in [0.4, 0.5) is 28.9 Å². The first-order chi connectivity index (χ1) is 33.5. The van der Waals surface area contributed by atoms with Crippen LogP contribution in [0.5, 0.6) is 11.5 Å². The number of halogens is 7. The lowest BCUT2D eigenvalue weighted by atomic mass is 9.83. The molecule has 0 radical (unpaired) electrons. The number of nitrogens with one attached hydrogen (secondary N) is 2. The number of alkyl halides is 6. The normalized spacial score (nSPS) is 13.2. The summed E-state index contributed by atoms with van der Waals surface area (Å²) in [6.07, 6.45) is 8.80. The third kappa shape index (κ3) is 12.5. The monoisotopic (exact) mass is 1070 g/mol. The zero-order valence-electron chi connectivity index (χ0n) is 35.8. The van der Waals surface area contributed by atoms with Gasteiger partial charge >= 0.3 is 18.3 Å². The van der Waals surface area contributed by atoms with Crippen molar-refractivity contribution in [2.75, 3.05) is 23.8 Å². The molecule has 4 aromatic carbocycles. The number of carbonyl (C=O) groups is 2. The van der Waals surface area contributed by atoms with Crippen LogP contribution in [-0.2, 0) is 35.8 Å². The summed E-state index contributed by atoms with van der Waals surface area (Å²) < 4.78 is 75.2. The summed E-state index contributed by atoms with van der Waals surface area (Å²) in [7, 11) is -1.47. The molecule has 26 heteroatoms. The first-order valence-corrected chi connectivity index (χ1v) is 22.1. The number of rotatable bonds is 10. The van der Waals surface area contributed by atoms with E-state index < -0.39 is 24.2 Å². The molecule has 0 bridgehead atoms. The van der Waals surface area contributed by atoms with Gasteiger partial charge < -0.3 is 48.8 Å². The summed E-state index contributed by atoms with van der Waals surface area (Å²) in [6, 6.07) is 17.8. The van der Waals surface area contributed by atoms with Crippen LogP contribution in [0.2, 0.25) is 0 Å². The third-order valence-electron chi connectivity index (χ3n) is 10.1. The van der Waals surface area contributed by atoms with Gasteiger partial charge in [-0.25, -0.2) is 29.9 Å². The van der Waals surface area contributed by atoms with E-state index in [1.54, 1.807) is 36.7 Å². The maximum atomic E-state index is 13.0. The maximum Gasteiger partial charge on any atom is 0.491 e. The molecule has 0 unspecified atom stereocenters. The van der Waals surface area contributed by atoms with Gasteiger partial charge in [-0.1, -0.05) is 0 Å². The van der Waals surface area contributed by atoms with Gasteiger partial charge in [0.15, 0.2) is 0 Å². The van der Waals surface area contributed by atoms with Gasteiger partial charge in [-0.15, -0.1) is 17.6 Å². The second-order valence-electron chi connectivity index (χ2n) is 14.9. The highest BCUT2D eigenvalue weighted by atomic mass is 79.9. The number of nitrogens with zero attached hydrogens (tertiary/aromatic N) is 8. The predicted octanol–water partition coefficient (Wildman–Crippen LogP) is 7.35. The fraction of sp³-hybridized carbons (Fsp3) is 0.182. The van der Waals surface area contributed by atoms with Crippen LogP contribution in [0.3, 0.4) is 0 Å². The minimum atomic E-state index is -3.81. The molecule has 70 heavy (non-hydrogen) atoms. The fourth-order valence-electron chi connectivity index (χ4n) is 7.17. The molecule has 4 N–H and O–H groups in total. The maximum absolute atomic E-state index is 13.0. The van der Waals surface area contributed by atoms with E-state index in [-0.39, 0.29) is 17.4 Å². The molecule has 4 aromatic heterocycles. The van der Waals surface area contributed by atoms with Gasteiger partial charge in [0, 0.05) is 105 Å². The minimum absolute atomic E-state index is 0.118. The Morgan fingerprint density at radius 3 is 1.57 bits per heavy atom. The van der Waals surface area contributed by atoms with Crippen LogP contribution in [-0.4, -0.2) is 92.4 Å². The summed E-state index contributed by atoms with van der Waals surface area (Å²) in [5.74, 6) is 0.582. The van der Waals surface area contributed by atoms with Crippen molar-refractivity contribution >= 4 is 97.0 Å². The second kappa shape index (κ2) is 21.5. The van der Waals surface area contributed by atoms with Gasteiger partial charge in [0.05, 0.1) is 35.3 Å². The molecule has 2 aliphatic heterocycles. The highest BCUT2D eigenvalue weighted by Gasteiger charge is 2.29. The van der Waals surface area contributed by atoms with Crippen molar-refractivity contribution in [2.45, 2.75) is 37.4 Å². The fourth-order valence-corrected chi connectivity index (χ4v) is 8.02. The van der Waals surface area contributed by atoms with Crippen LogP contribution in [0.1, 0.15) is 32.4 Å². The molecule has 0 fully saturated rings. The third-order valence-corrected chi connectivity index (χ3v) is 10.9. The number of imidazole rings is 2. The molecule has 0 aliphatic carbocycles. The van der Waals surface area contributed by atoms with Crippen molar-refractivity contribution in [2.24, 2.45) is 0 Å². The van der Waals surface area contributed by atoms with Gasteiger partial charge in [-0.3, -0.25) is 9.59 Å². The summed E-state index contributed by atoms with van der Waals surface area (Å²) in [5, 5.41) is 22.5. The van der Waals surface area contributed by atoms with Crippen LogP contribution < -0.4 is 25.6 Å². The summed E-state index contributed by atoms with van der Waals surface area (Å²) in [5.41, 5.74) is -1.07. The van der Waals surface area contributed by atoms with E-state index in [4.69, 9.17) is 42.7 Å². The molecule has 0 atom stereocenters. The highest BCUT2D eigenvalue weighted by Crippen LogP contribution is 2.34. The van der Waals surface area contributed by atoms with Gasteiger partial charge in [-0.2, -0.15) is 0 Å². The van der Waals surface area contributed by atoms with Crippen LogP contribution in [0.25, 0.3) is 33.2 Å². The summed E-state index contributed by atoms with van der Waals surface area (Å²) >= 11 is 13.0. The molecule has 18 nitrogen and oxygen atoms in total. The molecule has 360 valence electrons. The Kier molecular flexibility index (Phi) is 15.2. The Morgan fingerprint density at radius 2 is 1.11 bits per heavy atom. The van der Waals surface area contributed by atoms with E-state index in [9.17, 15) is 27.2 Å². The molecule has 0 saturated heterocycles. The second-order valence-corrected chi connectivity index (χ2v) is 16.6. The number of anilines is 2. The van der Waals surface area contributed by atoms with Crippen molar-refractivity contribution < 1.29 is 56.1 Å². The molecule has 6 heterocycles. The van der Waals surface area contributed by atoms with Crippen molar-refractivity contribution in [1.82, 2.24) is 39.0 Å². The number of hydrogen-bond acceptors (Lipinski definition) is 14. The minimum Gasteiger partial charge on any atom is -0.423 e. The van der Waals surface area contributed by atoms with E-state index in [0.717, 1.165) is 38.3 Å². The van der Waals surface area contributed by atoms with Gasteiger partial charge in [-0.05, 0) is 88.7 Å². The van der Waals surface area contributed by atoms with E-state index in [1.807, 2.05) is 0 Å². The number of fused-ring (bicyclic) bond motifs is 6. The smallest absolute Gasteiger partial charge is 0.423 e. The van der Waals surface area contributed by atoms with E-state index in [1.165, 1.54) is 73.6 Å². The average Bonchev–Trinajstić information content (AvgIpc) is 3.91. The van der Waals surface area contributed by atoms with E-state index in [0.29, 0.717) is 78.5 Å². The summed E-state index contributed by atoms with van der Waals surface area (Å²) in [6.45, 7) is 3.35. The average molecular weight is 1070 g/mol. The van der Waals surface area contributed by atoms with Crippen molar-refractivity contribution in [3.05, 3.63) is 137 Å². The molecule has 10 rings (SSSR count). The summed E-state index contributed by atoms with van der Waals surface area (Å²) in [4.78, 5) is 50.2. The Morgan fingerprint density at radius 1 is 0.671 bits per heavy atom. The number of aromatic nitrogens is 8. The lowest BCUT2D eigenvalue weighted by molar-refractivity contribution is -0.0972. The number of benzene rings is 4. The number of ether oxygens (including phenoxy) is 4. The van der Waals surface area contributed by atoms with Crippen molar-refractivity contribution in [3.63, 3.8) is 0 Å². The first kappa shape index (κ1) is 49.6. The number of amides is 2. The van der Waals surface area contributed by atoms with Crippen molar-refractivity contribution in [3.8, 4) is 22.6 Å². The molecule has 0 spiro atoms. The Hall–Kier alpha value is -6.80. The van der Waals surface area contributed by atoms with E-state index in [2.05, 4.69) is 75.1 Å². The quantitative estimate of drug-likeness (QED) is 0.0598. The SMILES string of the molecule is O=C(Nc1ccc(OC(F)(F)Cl)cc1)c1cc(-c2cncnc2)c2c(c1)nc1n2CCOC1.O=C(Nc1ccc(OC(F)(F)Cl)cc1)c1cc(Br)c2c(c1)nc1n2CCOC1.OB(O)c1cncnc1. The van der Waals surface area contributed by atoms with Gasteiger partial charge in [0.2, 0.25) is 0 Å². The van der Waals surface area contributed by atoms with Crippen LogP contribution >= 0.6 is 39.1 Å². The molecule has 0 saturated carbocycles. The van der Waals surface area contributed by atoms with E-state index >= 15 is 0 Å². The Bertz CT molecular complexity index is 3140. The zero-order valence-corrected chi connectivity index (χ0v) is 38.9. The van der Waals surface area contributed by atoms with Crippen LogP contribution in [0.15, 0.2) is 115 Å². The lowest BCUT2D eigenvalue weighted by Crippen LogP contribution is -2.30. The number of hydrogen-bond donors (Lipinski definition) is 4. The van der Waals surface area contributed by atoms with Crippen LogP contribution in [0, 0.1) is 0 Å². The largest absolute Gasteiger partial charge is 0.491 e. The van der Waals surface area contributed by atoms with Gasteiger partial charge in [0.25, 0.3) is 11.8 Å². The molecule has 2 aliphatic rings. The molecular formula is C44H34BBrCl2F4N10O8. The Labute approximate surface area is 411 Å². The van der Waals surface area contributed by atoms with Crippen molar-refractivity contribution in [1.29, 1.82) is 0 Å². The lowest BCUT2D eigenvalue weighted by Gasteiger charge is -2.16. The predicted molar refractivity (Wildman–Crippen MR) is 251 cm³/mol. The first-order valence-electron chi connectivity index (χ1n) is 20.6.